The van der Waals surface area contributed by atoms with E-state index in [4.69, 9.17) is 14.6 Å². The van der Waals surface area contributed by atoms with E-state index < -0.39 is 17.7 Å². The number of hydrogen-bond acceptors (Lipinski definition) is 7. The molecule has 2 saturated carbocycles. The number of ketones is 1. The Morgan fingerprint density at radius 3 is 2.76 bits per heavy atom. The minimum absolute atomic E-state index is 0.0295. The van der Waals surface area contributed by atoms with Gasteiger partial charge in [0.25, 0.3) is 0 Å². The first-order valence-corrected chi connectivity index (χ1v) is 11.9. The molecule has 0 radical (unpaired) electrons. The maximum Gasteiger partial charge on any atom is 0.407 e. The van der Waals surface area contributed by atoms with Gasteiger partial charge in [-0.05, 0) is 68.3 Å². The van der Waals surface area contributed by atoms with Gasteiger partial charge >= 0.3 is 18.0 Å². The molecule has 0 aromatic heterocycles. The van der Waals surface area contributed by atoms with E-state index in [1.165, 1.54) is 0 Å². The molecule has 0 saturated heterocycles. The molecule has 9 heteroatoms. The van der Waals surface area contributed by atoms with Gasteiger partial charge in [0.15, 0.2) is 5.78 Å². The largest absolute Gasteiger partial charge is 0.481 e. The van der Waals surface area contributed by atoms with Crippen LogP contribution in [0.5, 0.6) is 0 Å². The number of rotatable bonds is 7. The number of carboxylic acids is 1. The first kappa shape index (κ1) is 23.7. The van der Waals surface area contributed by atoms with Crippen LogP contribution in [0.3, 0.4) is 0 Å². The number of amides is 1. The molecular weight excluding hydrogens is 430 g/mol. The second-order valence-corrected chi connectivity index (χ2v) is 10.1. The fourth-order valence-electron chi connectivity index (χ4n) is 6.76. The third kappa shape index (κ3) is 4.27. The molecule has 3 N–H and O–H groups in total. The summed E-state index contributed by atoms with van der Waals surface area (Å²) < 4.78 is 10.4. The van der Waals surface area contributed by atoms with Gasteiger partial charge in [-0.2, -0.15) is 0 Å². The Hall–Kier alpha value is -2.42. The summed E-state index contributed by atoms with van der Waals surface area (Å²) in [6, 6.07) is 0. The molecule has 5 atom stereocenters. The van der Waals surface area contributed by atoms with E-state index in [2.05, 4.69) is 12.2 Å². The van der Waals surface area contributed by atoms with Gasteiger partial charge in [0.1, 0.15) is 12.2 Å². The molecule has 4 aliphatic rings. The van der Waals surface area contributed by atoms with Crippen LogP contribution in [-0.4, -0.2) is 59.4 Å². The number of nitrogens with one attached hydrogen (secondary N) is 1. The van der Waals surface area contributed by atoms with E-state index in [0.717, 1.165) is 24.0 Å². The third-order valence-electron chi connectivity index (χ3n) is 8.45. The van der Waals surface area contributed by atoms with Crippen LogP contribution in [0.1, 0.15) is 64.7 Å². The van der Waals surface area contributed by atoms with Crippen molar-refractivity contribution in [1.82, 2.24) is 5.32 Å². The van der Waals surface area contributed by atoms with Crippen LogP contribution < -0.4 is 5.32 Å². The average molecular weight is 464 g/mol. The van der Waals surface area contributed by atoms with Crippen molar-refractivity contribution in [3.8, 4) is 0 Å². The number of carbonyl (C=O) groups excluding carboxylic acids is 3. The molecule has 3 unspecified atom stereocenters. The van der Waals surface area contributed by atoms with Crippen LogP contribution in [0.2, 0.25) is 0 Å². The number of aliphatic hydroxyl groups is 1. The normalized spacial score (nSPS) is 35.3. The predicted octanol–water partition coefficient (Wildman–Crippen LogP) is 2.36. The summed E-state index contributed by atoms with van der Waals surface area (Å²) >= 11 is 0. The van der Waals surface area contributed by atoms with E-state index in [9.17, 15) is 24.3 Å². The lowest BCUT2D eigenvalue weighted by atomic mass is 9.46. The molecule has 9 nitrogen and oxygen atoms in total. The number of Topliss-reactive ketones (excluding diaryl/α,β-unsaturated/α-hetero) is 1. The molecular formula is C24H33NO8. The Balaban J connectivity index is 1.33. The van der Waals surface area contributed by atoms with Crippen molar-refractivity contribution in [3.63, 3.8) is 0 Å². The minimum Gasteiger partial charge on any atom is -0.481 e. The zero-order valence-electron chi connectivity index (χ0n) is 19.1. The molecule has 0 aromatic carbocycles. The zero-order valence-corrected chi connectivity index (χ0v) is 19.1. The molecule has 182 valence electrons. The molecule has 0 spiro atoms. The second-order valence-electron chi connectivity index (χ2n) is 10.1. The van der Waals surface area contributed by atoms with Gasteiger partial charge in [0, 0.05) is 30.4 Å². The summed E-state index contributed by atoms with van der Waals surface area (Å²) in [5.41, 5.74) is 0.260. The first-order chi connectivity index (χ1) is 15.7. The SMILES string of the molecule is C[C@]12CCC3=C(COC3=O)[C@@H]1CCC1(O)C(=O)C(CCOC(=O)NCCCC(=O)O)CCC12. The quantitative estimate of drug-likeness (QED) is 0.386. The summed E-state index contributed by atoms with van der Waals surface area (Å²) in [5.74, 6) is -1.64. The second kappa shape index (κ2) is 9.08. The number of fused-ring (bicyclic) bond motifs is 4. The lowest BCUT2D eigenvalue weighted by Gasteiger charge is -2.58. The number of alkyl carbamates (subject to hydrolysis) is 1. The Kier molecular flexibility index (Phi) is 6.53. The van der Waals surface area contributed by atoms with Crippen molar-refractivity contribution in [3.05, 3.63) is 11.1 Å². The summed E-state index contributed by atoms with van der Waals surface area (Å²) in [5, 5.41) is 22.7. The van der Waals surface area contributed by atoms with Gasteiger partial charge in [-0.3, -0.25) is 9.59 Å². The number of aliphatic carboxylic acids is 1. The van der Waals surface area contributed by atoms with E-state index in [1.54, 1.807) is 0 Å². The average Bonchev–Trinajstić information content (AvgIpc) is 3.14. The number of carbonyl (C=O) groups is 4. The first-order valence-electron chi connectivity index (χ1n) is 11.9. The Bertz CT molecular complexity index is 882. The fraction of sp³-hybridized carbons (Fsp3) is 0.750. The van der Waals surface area contributed by atoms with E-state index >= 15 is 0 Å². The standard InChI is InChI=1S/C24H33NO8/c1-23-9-6-15-16(13-33-21(15)29)17(23)7-10-24(31)18(23)5-4-14(20(24)28)8-12-32-22(30)25-11-2-3-19(26)27/h14,17-18,31H,2-13H2,1H3,(H,25,30)(H,26,27)/t14?,17-,18?,23-,24?/m0/s1. The van der Waals surface area contributed by atoms with Crippen molar-refractivity contribution in [2.24, 2.45) is 23.2 Å². The Labute approximate surface area is 192 Å². The lowest BCUT2D eigenvalue weighted by molar-refractivity contribution is -0.181. The highest BCUT2D eigenvalue weighted by Crippen LogP contribution is 2.62. The highest BCUT2D eigenvalue weighted by molar-refractivity contribution is 5.93. The van der Waals surface area contributed by atoms with Gasteiger partial charge in [-0.15, -0.1) is 0 Å². The smallest absolute Gasteiger partial charge is 0.407 e. The lowest BCUT2D eigenvalue weighted by Crippen LogP contribution is -2.62. The number of ether oxygens (including phenoxy) is 2. The Morgan fingerprint density at radius 2 is 2.00 bits per heavy atom. The molecule has 1 heterocycles. The van der Waals surface area contributed by atoms with Crippen LogP contribution in [0, 0.1) is 23.2 Å². The highest BCUT2D eigenvalue weighted by Gasteiger charge is 2.62. The zero-order chi connectivity index (χ0) is 23.8. The van der Waals surface area contributed by atoms with Gasteiger partial charge in [0.2, 0.25) is 0 Å². The molecule has 1 aliphatic heterocycles. The van der Waals surface area contributed by atoms with Gasteiger partial charge in [0.05, 0.1) is 6.61 Å². The molecule has 0 bridgehead atoms. The number of cyclic esters (lactones) is 1. The summed E-state index contributed by atoms with van der Waals surface area (Å²) in [7, 11) is 0. The topological polar surface area (TPSA) is 139 Å². The monoisotopic (exact) mass is 463 g/mol. The number of carboxylic acid groups (broad SMARTS) is 1. The minimum atomic E-state index is -1.38. The summed E-state index contributed by atoms with van der Waals surface area (Å²) in [6.07, 6.45) is 3.81. The number of esters is 1. The molecule has 33 heavy (non-hydrogen) atoms. The van der Waals surface area contributed by atoms with Crippen LogP contribution in [0.15, 0.2) is 11.1 Å². The van der Waals surface area contributed by atoms with Gasteiger partial charge in [-0.1, -0.05) is 6.92 Å². The van der Waals surface area contributed by atoms with Crippen LogP contribution in [-0.2, 0) is 23.9 Å². The third-order valence-corrected chi connectivity index (χ3v) is 8.45. The van der Waals surface area contributed by atoms with Gasteiger partial charge < -0.3 is 25.0 Å². The van der Waals surface area contributed by atoms with Crippen molar-refractivity contribution in [2.75, 3.05) is 19.8 Å². The van der Waals surface area contributed by atoms with Crippen LogP contribution in [0.25, 0.3) is 0 Å². The fourth-order valence-corrected chi connectivity index (χ4v) is 6.76. The van der Waals surface area contributed by atoms with Crippen LogP contribution >= 0.6 is 0 Å². The summed E-state index contributed by atoms with van der Waals surface area (Å²) in [4.78, 5) is 47.7. The van der Waals surface area contributed by atoms with Crippen molar-refractivity contribution >= 4 is 23.8 Å². The van der Waals surface area contributed by atoms with Crippen LogP contribution in [0.4, 0.5) is 4.79 Å². The number of hydrogen-bond donors (Lipinski definition) is 3. The van der Waals surface area contributed by atoms with E-state index in [0.29, 0.717) is 45.1 Å². The maximum atomic E-state index is 13.4. The van der Waals surface area contributed by atoms with Crippen molar-refractivity contribution in [1.29, 1.82) is 0 Å². The molecule has 4 rings (SSSR count). The van der Waals surface area contributed by atoms with Crippen molar-refractivity contribution < 1.29 is 38.9 Å². The highest BCUT2D eigenvalue weighted by atomic mass is 16.5. The summed E-state index contributed by atoms with van der Waals surface area (Å²) in [6.45, 7) is 2.78. The van der Waals surface area contributed by atoms with Gasteiger partial charge in [-0.25, -0.2) is 9.59 Å². The molecule has 3 aliphatic carbocycles. The molecule has 0 aromatic rings. The van der Waals surface area contributed by atoms with E-state index in [-0.39, 0.29) is 54.5 Å². The van der Waals surface area contributed by atoms with E-state index in [1.807, 2.05) is 0 Å². The maximum absolute atomic E-state index is 13.4. The van der Waals surface area contributed by atoms with Crippen molar-refractivity contribution in [2.45, 2.75) is 70.3 Å². The predicted molar refractivity (Wildman–Crippen MR) is 115 cm³/mol. The molecule has 2 fully saturated rings. The molecule has 1 amide bonds. The Morgan fingerprint density at radius 1 is 1.21 bits per heavy atom.